The second-order valence-electron chi connectivity index (χ2n) is 8.58. The second-order valence-corrected chi connectivity index (χ2v) is 8.58. The van der Waals surface area contributed by atoms with Crippen LogP contribution in [0.3, 0.4) is 0 Å². The number of fused-ring (bicyclic) bond motifs is 2. The third kappa shape index (κ3) is 3.01. The first-order valence-electron chi connectivity index (χ1n) is 10.1. The average molecular weight is 385 g/mol. The number of ether oxygens (including phenoxy) is 4. The lowest BCUT2D eigenvalue weighted by Gasteiger charge is -2.60. The van der Waals surface area contributed by atoms with Crippen LogP contribution in [0.4, 0.5) is 0 Å². The van der Waals surface area contributed by atoms with Gasteiger partial charge in [-0.15, -0.1) is 0 Å². The van der Waals surface area contributed by atoms with Gasteiger partial charge in [0.25, 0.3) is 0 Å². The summed E-state index contributed by atoms with van der Waals surface area (Å²) >= 11 is 0. The molecule has 9 atom stereocenters. The van der Waals surface area contributed by atoms with Crippen molar-refractivity contribution in [2.24, 2.45) is 29.4 Å². The molecule has 4 saturated heterocycles. The van der Waals surface area contributed by atoms with Crippen LogP contribution in [-0.4, -0.2) is 42.8 Å². The van der Waals surface area contributed by atoms with Gasteiger partial charge in [0.05, 0.1) is 6.61 Å². The fourth-order valence-corrected chi connectivity index (χ4v) is 5.45. The van der Waals surface area contributed by atoms with E-state index >= 15 is 0 Å². The molecule has 1 aliphatic carbocycles. The Bertz CT molecular complexity index is 588. The molecule has 27 heavy (non-hydrogen) atoms. The normalized spacial score (nSPS) is 49.8. The van der Waals surface area contributed by atoms with Crippen molar-refractivity contribution in [2.75, 3.05) is 6.61 Å². The Morgan fingerprint density at radius 2 is 2.00 bits per heavy atom. The number of nitrogens with two attached hydrogens (primary N) is 1. The van der Waals surface area contributed by atoms with Crippen LogP contribution in [0.25, 0.3) is 0 Å². The molecule has 5 rings (SSSR count). The summed E-state index contributed by atoms with van der Waals surface area (Å²) in [6.07, 6.45) is 1.28. The third-order valence-electron chi connectivity index (χ3n) is 6.90. The molecule has 2 N–H and O–H groups in total. The van der Waals surface area contributed by atoms with Crippen LogP contribution in [0.2, 0.25) is 0 Å². The third-order valence-corrected chi connectivity index (χ3v) is 6.90. The molecule has 8 nitrogen and oxygen atoms in total. The van der Waals surface area contributed by atoms with E-state index in [4.69, 9.17) is 34.5 Å². The Labute approximate surface area is 159 Å². The Morgan fingerprint density at radius 1 is 1.22 bits per heavy atom. The molecule has 0 aromatic heterocycles. The van der Waals surface area contributed by atoms with Crippen molar-refractivity contribution in [1.29, 1.82) is 0 Å². The second kappa shape index (κ2) is 6.93. The predicted octanol–water partition coefficient (Wildman–Crippen LogP) is 2.06. The number of hydrogen-bond acceptors (Lipinski definition) is 8. The summed E-state index contributed by atoms with van der Waals surface area (Å²) in [5.41, 5.74) is 5.22. The lowest BCUT2D eigenvalue weighted by atomic mass is 9.58. The van der Waals surface area contributed by atoms with Gasteiger partial charge in [0.1, 0.15) is 0 Å². The molecule has 1 saturated carbocycles. The van der Waals surface area contributed by atoms with E-state index in [-0.39, 0.29) is 24.4 Å². The van der Waals surface area contributed by atoms with Crippen LogP contribution >= 0.6 is 0 Å². The first-order chi connectivity index (χ1) is 12.8. The van der Waals surface area contributed by atoms with Gasteiger partial charge in [-0.3, -0.25) is 5.73 Å². The first kappa shape index (κ1) is 19.5. The van der Waals surface area contributed by atoms with Gasteiger partial charge in [0.2, 0.25) is 12.0 Å². The SMILES string of the molecule is CCOC(=O)C(N)OC1O[C@@H]2O[C@@]3(C)CC[C@H]4[C@H](C)CC[C@@H]([C@H]1C)[C@@]24OO3. The van der Waals surface area contributed by atoms with Crippen LogP contribution in [-0.2, 0) is 33.5 Å². The first-order valence-corrected chi connectivity index (χ1v) is 10.1. The van der Waals surface area contributed by atoms with Crippen molar-refractivity contribution < 1.29 is 33.5 Å². The molecule has 0 radical (unpaired) electrons. The lowest BCUT2D eigenvalue weighted by molar-refractivity contribution is -0.577. The van der Waals surface area contributed by atoms with Gasteiger partial charge in [-0.25, -0.2) is 14.6 Å². The zero-order valence-electron chi connectivity index (χ0n) is 16.5. The molecule has 4 aliphatic heterocycles. The Kier molecular flexibility index (Phi) is 5.02. The number of carbonyl (C=O) groups is 1. The standard InChI is InChI=1S/C19H31NO7/c1-5-22-15(21)14(20)23-16-11(3)13-7-6-10(2)12-8-9-18(4)25-17(24-16)19(12,13)27-26-18/h10-14,16-17H,5-9,20H2,1-4H3/t10-,11-,12+,13+,14?,16?,17-,18-,19-/m1/s1. The van der Waals surface area contributed by atoms with Gasteiger partial charge in [0.15, 0.2) is 18.2 Å². The van der Waals surface area contributed by atoms with Crippen molar-refractivity contribution in [3.63, 3.8) is 0 Å². The molecule has 8 heteroatoms. The van der Waals surface area contributed by atoms with E-state index < -0.39 is 36.2 Å². The van der Waals surface area contributed by atoms with Crippen LogP contribution < -0.4 is 5.73 Å². The van der Waals surface area contributed by atoms with Crippen LogP contribution in [0.5, 0.6) is 0 Å². The van der Waals surface area contributed by atoms with E-state index in [1.165, 1.54) is 0 Å². The largest absolute Gasteiger partial charge is 0.463 e. The van der Waals surface area contributed by atoms with Crippen molar-refractivity contribution in [1.82, 2.24) is 0 Å². The molecule has 1 spiro atoms. The van der Waals surface area contributed by atoms with E-state index in [0.29, 0.717) is 5.92 Å². The van der Waals surface area contributed by atoms with Gasteiger partial charge in [-0.05, 0) is 44.9 Å². The molecule has 0 aromatic carbocycles. The Hall–Kier alpha value is -0.770. The highest BCUT2D eigenvalue weighted by molar-refractivity contribution is 5.73. The molecule has 5 fully saturated rings. The molecule has 2 bridgehead atoms. The minimum atomic E-state index is -1.19. The molecule has 5 aliphatic rings. The topological polar surface area (TPSA) is 98.5 Å². The van der Waals surface area contributed by atoms with E-state index in [1.54, 1.807) is 6.92 Å². The summed E-state index contributed by atoms with van der Waals surface area (Å²) in [4.78, 5) is 23.7. The van der Waals surface area contributed by atoms with Gasteiger partial charge >= 0.3 is 5.97 Å². The minimum absolute atomic E-state index is 0.0358. The zero-order chi connectivity index (χ0) is 19.4. The highest BCUT2D eigenvalue weighted by atomic mass is 17.3. The molecule has 154 valence electrons. The summed E-state index contributed by atoms with van der Waals surface area (Å²) in [6.45, 7) is 8.16. The van der Waals surface area contributed by atoms with Crippen molar-refractivity contribution >= 4 is 5.97 Å². The summed E-state index contributed by atoms with van der Waals surface area (Å²) < 4.78 is 23.2. The van der Waals surface area contributed by atoms with E-state index in [0.717, 1.165) is 25.7 Å². The van der Waals surface area contributed by atoms with Gasteiger partial charge < -0.3 is 18.9 Å². The average Bonchev–Trinajstić information content (AvgIpc) is 2.85. The smallest absolute Gasteiger partial charge is 0.350 e. The molecule has 4 heterocycles. The van der Waals surface area contributed by atoms with Crippen LogP contribution in [0, 0.1) is 23.7 Å². The van der Waals surface area contributed by atoms with E-state index in [1.807, 2.05) is 13.8 Å². The zero-order valence-corrected chi connectivity index (χ0v) is 16.5. The van der Waals surface area contributed by atoms with Gasteiger partial charge in [-0.2, -0.15) is 0 Å². The molecular weight excluding hydrogens is 354 g/mol. The van der Waals surface area contributed by atoms with E-state index in [2.05, 4.69) is 6.92 Å². The molecule has 0 aromatic rings. The van der Waals surface area contributed by atoms with E-state index in [9.17, 15) is 4.79 Å². The van der Waals surface area contributed by atoms with Crippen molar-refractivity contribution in [2.45, 2.75) is 83.6 Å². The maximum atomic E-state index is 11.9. The van der Waals surface area contributed by atoms with Crippen LogP contribution in [0.15, 0.2) is 0 Å². The maximum Gasteiger partial charge on any atom is 0.350 e. The predicted molar refractivity (Wildman–Crippen MR) is 92.5 cm³/mol. The maximum absolute atomic E-state index is 11.9. The molecular formula is C19H31NO7. The summed E-state index contributed by atoms with van der Waals surface area (Å²) in [5.74, 6) is -0.574. The summed E-state index contributed by atoms with van der Waals surface area (Å²) in [7, 11) is 0. The highest BCUT2D eigenvalue weighted by Gasteiger charge is 2.69. The summed E-state index contributed by atoms with van der Waals surface area (Å²) in [5, 5.41) is 0. The highest BCUT2D eigenvalue weighted by Crippen LogP contribution is 2.60. The summed E-state index contributed by atoms with van der Waals surface area (Å²) in [6, 6.07) is 0. The van der Waals surface area contributed by atoms with Crippen molar-refractivity contribution in [3.8, 4) is 0 Å². The van der Waals surface area contributed by atoms with Crippen LogP contribution in [0.1, 0.15) is 53.4 Å². The lowest BCUT2D eigenvalue weighted by Crippen LogP contribution is -2.70. The van der Waals surface area contributed by atoms with Crippen molar-refractivity contribution in [3.05, 3.63) is 0 Å². The Balaban J connectivity index is 1.61. The molecule has 2 unspecified atom stereocenters. The van der Waals surface area contributed by atoms with Gasteiger partial charge in [0, 0.05) is 18.3 Å². The number of carbonyl (C=O) groups excluding carboxylic acids is 1. The number of esters is 1. The fraction of sp³-hybridized carbons (Fsp3) is 0.947. The monoisotopic (exact) mass is 385 g/mol. The number of hydrogen-bond donors (Lipinski definition) is 1. The Morgan fingerprint density at radius 3 is 2.74 bits per heavy atom. The minimum Gasteiger partial charge on any atom is -0.463 e. The number of rotatable bonds is 4. The van der Waals surface area contributed by atoms with Gasteiger partial charge in [-0.1, -0.05) is 13.8 Å². The quantitative estimate of drug-likeness (QED) is 0.446. The molecule has 0 amide bonds. The fourth-order valence-electron chi connectivity index (χ4n) is 5.45.